The number of alkyl halides is 4. The second kappa shape index (κ2) is 11.6. The van der Waals surface area contributed by atoms with Gasteiger partial charge in [0.2, 0.25) is 5.95 Å². The lowest BCUT2D eigenvalue weighted by molar-refractivity contribution is -0.0904. The van der Waals surface area contributed by atoms with Gasteiger partial charge in [-0.1, -0.05) is 58.5 Å². The predicted octanol–water partition coefficient (Wildman–Crippen LogP) is 4.36. The molecule has 0 atom stereocenters. The van der Waals surface area contributed by atoms with Gasteiger partial charge in [-0.05, 0) is 31.9 Å². The molecule has 2 rings (SSSR count). The van der Waals surface area contributed by atoms with E-state index in [2.05, 4.69) is 15.3 Å². The Morgan fingerprint density at radius 2 is 2.03 bits per heavy atom. The van der Waals surface area contributed by atoms with Crippen LogP contribution in [0.5, 0.6) is 0 Å². The Bertz CT molecular complexity index is 1090. The summed E-state index contributed by atoms with van der Waals surface area (Å²) in [6.07, 6.45) is 1.43. The highest BCUT2D eigenvalue weighted by molar-refractivity contribution is 14.1. The average molecular weight is 584 g/mol. The molecule has 0 aromatic carbocycles. The van der Waals surface area contributed by atoms with Gasteiger partial charge >= 0.3 is 17.6 Å². The first-order valence-corrected chi connectivity index (χ1v) is 11.5. The molecule has 0 fully saturated rings. The zero-order chi connectivity index (χ0) is 23.9. The van der Waals surface area contributed by atoms with Gasteiger partial charge in [0.05, 0.1) is 6.54 Å². The summed E-state index contributed by atoms with van der Waals surface area (Å²) in [6, 6.07) is 2.91. The van der Waals surface area contributed by atoms with Crippen LogP contribution in [-0.2, 0) is 6.54 Å². The maximum absolute atomic E-state index is 12.9. The third kappa shape index (κ3) is 7.19. The third-order valence-electron chi connectivity index (χ3n) is 4.28. The molecule has 2 heterocycles. The van der Waals surface area contributed by atoms with Gasteiger partial charge in [-0.2, -0.15) is 18.2 Å². The Hall–Kier alpha value is -2.15. The third-order valence-corrected chi connectivity index (χ3v) is 5.33. The van der Waals surface area contributed by atoms with Crippen LogP contribution in [0.1, 0.15) is 31.9 Å². The number of rotatable bonds is 9. The van der Waals surface area contributed by atoms with Gasteiger partial charge in [0.25, 0.3) is 0 Å². The zero-order valence-corrected chi connectivity index (χ0v) is 20.3. The average Bonchev–Trinajstić information content (AvgIpc) is 2.70. The number of hydrogen-bond acceptors (Lipinski definition) is 5. The van der Waals surface area contributed by atoms with Crippen molar-refractivity contribution in [1.82, 2.24) is 19.1 Å². The van der Waals surface area contributed by atoms with Crippen LogP contribution < -0.4 is 16.7 Å². The fourth-order valence-corrected chi connectivity index (χ4v) is 3.47. The number of halogens is 5. The standard InChI is InChI=1S/C20H22ClF3IN5O2/c1-13(2)30-18(31)28-17(26-9-5-3-4-6-15(10-25)20(22,23)24)29(19(30)32)12-14-7-8-16(21)27-11-14/h3-4,6-8,11,13H,5,9-10,12H2,1-2H3,(H,26,28,31)/b4-3-,15-6+. The van der Waals surface area contributed by atoms with Gasteiger partial charge < -0.3 is 5.32 Å². The number of nitrogens with zero attached hydrogens (tertiary/aromatic N) is 4. The van der Waals surface area contributed by atoms with Crippen LogP contribution in [-0.4, -0.2) is 36.3 Å². The van der Waals surface area contributed by atoms with Gasteiger partial charge in [0, 0.05) is 28.8 Å². The van der Waals surface area contributed by atoms with E-state index in [1.54, 1.807) is 54.6 Å². The molecule has 12 heteroatoms. The molecule has 1 N–H and O–H groups in total. The van der Waals surface area contributed by atoms with E-state index in [0.717, 1.165) is 10.6 Å². The quantitative estimate of drug-likeness (QED) is 0.156. The topological polar surface area (TPSA) is 81.8 Å². The Balaban J connectivity index is 2.22. The molecule has 0 radical (unpaired) electrons. The van der Waals surface area contributed by atoms with E-state index in [9.17, 15) is 22.8 Å². The zero-order valence-electron chi connectivity index (χ0n) is 17.4. The van der Waals surface area contributed by atoms with E-state index in [-0.39, 0.29) is 29.5 Å². The molecule has 0 aliphatic carbocycles. The molecule has 0 amide bonds. The summed E-state index contributed by atoms with van der Waals surface area (Å²) in [6.45, 7) is 3.77. The Kier molecular flexibility index (Phi) is 9.49. The van der Waals surface area contributed by atoms with Crippen molar-refractivity contribution >= 4 is 40.1 Å². The van der Waals surface area contributed by atoms with Gasteiger partial charge in [0.15, 0.2) is 0 Å². The number of nitrogens with one attached hydrogen (secondary N) is 1. The van der Waals surface area contributed by atoms with Crippen molar-refractivity contribution in [2.24, 2.45) is 0 Å². The number of allylic oxidation sites excluding steroid dienone is 3. The smallest absolute Gasteiger partial charge is 0.355 e. The molecule has 32 heavy (non-hydrogen) atoms. The molecule has 7 nitrogen and oxygen atoms in total. The molecule has 0 unspecified atom stereocenters. The first kappa shape index (κ1) is 26.1. The highest BCUT2D eigenvalue weighted by Gasteiger charge is 2.31. The molecule has 0 spiro atoms. The van der Waals surface area contributed by atoms with Crippen LogP contribution in [0.3, 0.4) is 0 Å². The minimum atomic E-state index is -4.36. The molecule has 2 aromatic rings. The minimum absolute atomic E-state index is 0.0686. The van der Waals surface area contributed by atoms with E-state index in [1.165, 1.54) is 16.8 Å². The van der Waals surface area contributed by atoms with Crippen molar-refractivity contribution < 1.29 is 13.2 Å². The molecule has 2 aromatic heterocycles. The SMILES string of the molecule is CC(C)n1c(=O)nc(NCC/C=C\C=C(/CI)C(F)(F)F)n(Cc2ccc(Cl)nc2)c1=O. The summed E-state index contributed by atoms with van der Waals surface area (Å²) in [5.74, 6) is 0.0686. The lowest BCUT2D eigenvalue weighted by Crippen LogP contribution is -2.43. The molecule has 0 bridgehead atoms. The summed E-state index contributed by atoms with van der Waals surface area (Å²) in [5, 5.41) is 3.23. The maximum Gasteiger partial charge on any atom is 0.413 e. The van der Waals surface area contributed by atoms with Crippen molar-refractivity contribution in [2.45, 2.75) is 39.0 Å². The Morgan fingerprint density at radius 3 is 2.59 bits per heavy atom. The first-order chi connectivity index (χ1) is 15.0. The summed E-state index contributed by atoms with van der Waals surface area (Å²) >= 11 is 7.47. The molecule has 0 saturated heterocycles. The van der Waals surface area contributed by atoms with Crippen LogP contribution in [0.15, 0.2) is 51.7 Å². The highest BCUT2D eigenvalue weighted by Crippen LogP contribution is 2.27. The Morgan fingerprint density at radius 1 is 1.31 bits per heavy atom. The molecule has 0 aliphatic heterocycles. The predicted molar refractivity (Wildman–Crippen MR) is 127 cm³/mol. The highest BCUT2D eigenvalue weighted by atomic mass is 127. The second-order valence-electron chi connectivity index (χ2n) is 7.01. The lowest BCUT2D eigenvalue weighted by atomic mass is 10.2. The van der Waals surface area contributed by atoms with Gasteiger partial charge in [-0.25, -0.2) is 19.1 Å². The van der Waals surface area contributed by atoms with Crippen LogP contribution in [0.25, 0.3) is 0 Å². The van der Waals surface area contributed by atoms with Crippen molar-refractivity contribution in [3.63, 3.8) is 0 Å². The number of pyridine rings is 1. The van der Waals surface area contributed by atoms with E-state index in [4.69, 9.17) is 11.6 Å². The second-order valence-corrected chi connectivity index (χ2v) is 8.16. The van der Waals surface area contributed by atoms with Crippen LogP contribution >= 0.6 is 34.2 Å². The maximum atomic E-state index is 12.9. The minimum Gasteiger partial charge on any atom is -0.355 e. The molecule has 0 saturated carbocycles. The molecular weight excluding hydrogens is 562 g/mol. The Labute approximate surface area is 201 Å². The van der Waals surface area contributed by atoms with Crippen LogP contribution in [0, 0.1) is 0 Å². The molecule has 174 valence electrons. The van der Waals surface area contributed by atoms with Crippen molar-refractivity contribution in [1.29, 1.82) is 0 Å². The van der Waals surface area contributed by atoms with Crippen molar-refractivity contribution in [2.75, 3.05) is 16.3 Å². The first-order valence-electron chi connectivity index (χ1n) is 9.61. The lowest BCUT2D eigenvalue weighted by Gasteiger charge is -2.16. The molecular formula is C20H22ClF3IN5O2. The van der Waals surface area contributed by atoms with E-state index < -0.39 is 23.1 Å². The van der Waals surface area contributed by atoms with Crippen molar-refractivity contribution in [3.05, 3.63) is 73.8 Å². The fraction of sp³-hybridized carbons (Fsp3) is 0.400. The normalized spacial score (nSPS) is 12.7. The summed E-state index contributed by atoms with van der Waals surface area (Å²) in [5.41, 5.74) is -1.17. The number of hydrogen-bond donors (Lipinski definition) is 1. The van der Waals surface area contributed by atoms with Gasteiger partial charge in [0.1, 0.15) is 5.15 Å². The fourth-order valence-electron chi connectivity index (χ4n) is 2.67. The summed E-state index contributed by atoms with van der Waals surface area (Å²) in [4.78, 5) is 33.2. The number of aromatic nitrogens is 4. The van der Waals surface area contributed by atoms with Gasteiger partial charge in [-0.15, -0.1) is 0 Å². The van der Waals surface area contributed by atoms with E-state index in [1.807, 2.05) is 0 Å². The van der Waals surface area contributed by atoms with E-state index >= 15 is 0 Å². The van der Waals surface area contributed by atoms with E-state index in [0.29, 0.717) is 17.1 Å². The molecule has 0 aliphatic rings. The van der Waals surface area contributed by atoms with Crippen molar-refractivity contribution in [3.8, 4) is 0 Å². The summed E-state index contributed by atoms with van der Waals surface area (Å²) in [7, 11) is 0. The van der Waals surface area contributed by atoms with Gasteiger partial charge in [-0.3, -0.25) is 4.57 Å². The monoisotopic (exact) mass is 583 g/mol. The van der Waals surface area contributed by atoms with Crippen LogP contribution in [0.2, 0.25) is 5.15 Å². The summed E-state index contributed by atoms with van der Waals surface area (Å²) < 4.78 is 40.4. The largest absolute Gasteiger partial charge is 0.413 e. The van der Waals surface area contributed by atoms with Crippen LogP contribution in [0.4, 0.5) is 19.1 Å². The number of anilines is 1.